The lowest BCUT2D eigenvalue weighted by molar-refractivity contribution is -0.137. The van der Waals surface area contributed by atoms with E-state index in [1.54, 1.807) is 0 Å². The van der Waals surface area contributed by atoms with Crippen LogP contribution >= 0.6 is 0 Å². The molecule has 3 N–H and O–H groups in total. The first-order valence-corrected chi connectivity index (χ1v) is 6.34. The lowest BCUT2D eigenvalue weighted by atomic mass is 10.3. The molecule has 0 bridgehead atoms. The Kier molecular flexibility index (Phi) is 8.30. The number of rotatable bonds is 8. The Bertz CT molecular complexity index is 346. The number of carboxylic acids is 1. The molecular formula is C12H23N3O5. The zero-order valence-electron chi connectivity index (χ0n) is 12.3. The number of amides is 3. The van der Waals surface area contributed by atoms with E-state index in [4.69, 9.17) is 9.84 Å². The molecule has 116 valence electrons. The molecule has 20 heavy (non-hydrogen) atoms. The Morgan fingerprint density at radius 1 is 1.20 bits per heavy atom. The second-order valence-corrected chi connectivity index (χ2v) is 4.64. The number of ether oxygens (including phenoxy) is 1. The first-order valence-electron chi connectivity index (χ1n) is 6.34. The molecule has 1 unspecified atom stereocenters. The highest BCUT2D eigenvalue weighted by molar-refractivity contribution is 5.87. The van der Waals surface area contributed by atoms with Crippen molar-refractivity contribution in [1.29, 1.82) is 0 Å². The van der Waals surface area contributed by atoms with Gasteiger partial charge in [-0.2, -0.15) is 0 Å². The van der Waals surface area contributed by atoms with Gasteiger partial charge < -0.3 is 25.4 Å². The van der Waals surface area contributed by atoms with Crippen molar-refractivity contribution in [2.24, 2.45) is 0 Å². The molecule has 1 atom stereocenters. The molecule has 0 aromatic carbocycles. The number of carbonyl (C=O) groups is 3. The normalized spacial score (nSPS) is 11.8. The largest absolute Gasteiger partial charge is 0.480 e. The van der Waals surface area contributed by atoms with Gasteiger partial charge in [0, 0.05) is 19.7 Å². The average Bonchev–Trinajstić information content (AvgIpc) is 2.32. The quantitative estimate of drug-likeness (QED) is 0.565. The number of urea groups is 1. The van der Waals surface area contributed by atoms with E-state index in [9.17, 15) is 14.4 Å². The summed E-state index contributed by atoms with van der Waals surface area (Å²) in [5.74, 6) is -1.45. The molecule has 0 aliphatic heterocycles. The van der Waals surface area contributed by atoms with E-state index >= 15 is 0 Å². The minimum Gasteiger partial charge on any atom is -0.480 e. The molecule has 0 rings (SSSR count). The van der Waals surface area contributed by atoms with Crippen LogP contribution in [0.25, 0.3) is 0 Å². The minimum absolute atomic E-state index is 0.0366. The highest BCUT2D eigenvalue weighted by Crippen LogP contribution is 1.94. The van der Waals surface area contributed by atoms with Crippen LogP contribution in [0.15, 0.2) is 0 Å². The number of nitrogens with zero attached hydrogens (tertiary/aromatic N) is 1. The number of nitrogens with one attached hydrogen (secondary N) is 2. The van der Waals surface area contributed by atoms with Crippen molar-refractivity contribution in [2.45, 2.75) is 32.9 Å². The summed E-state index contributed by atoms with van der Waals surface area (Å²) in [4.78, 5) is 35.3. The highest BCUT2D eigenvalue weighted by Gasteiger charge is 2.21. The van der Waals surface area contributed by atoms with Gasteiger partial charge in [-0.05, 0) is 20.8 Å². The van der Waals surface area contributed by atoms with Gasteiger partial charge in [-0.1, -0.05) is 0 Å². The van der Waals surface area contributed by atoms with Gasteiger partial charge >= 0.3 is 12.0 Å². The summed E-state index contributed by atoms with van der Waals surface area (Å²) in [6.07, 6.45) is 0. The van der Waals surface area contributed by atoms with Crippen molar-refractivity contribution in [1.82, 2.24) is 15.5 Å². The van der Waals surface area contributed by atoms with Gasteiger partial charge in [0.25, 0.3) is 0 Å². The van der Waals surface area contributed by atoms with Gasteiger partial charge in [-0.25, -0.2) is 4.79 Å². The molecule has 3 amide bonds. The minimum atomic E-state index is -1.13. The fourth-order valence-corrected chi connectivity index (χ4v) is 1.37. The number of methoxy groups -OCH3 is 1. The summed E-state index contributed by atoms with van der Waals surface area (Å²) in [7, 11) is 1.45. The Morgan fingerprint density at radius 3 is 2.25 bits per heavy atom. The average molecular weight is 289 g/mol. The van der Waals surface area contributed by atoms with Gasteiger partial charge in [0.1, 0.15) is 12.6 Å². The van der Waals surface area contributed by atoms with Crippen LogP contribution in [0, 0.1) is 0 Å². The Labute approximate surface area is 118 Å². The Balaban J connectivity index is 4.49. The van der Waals surface area contributed by atoms with Crippen molar-refractivity contribution in [3.8, 4) is 0 Å². The molecule has 0 aliphatic rings. The lowest BCUT2D eigenvalue weighted by Gasteiger charge is -2.23. The summed E-state index contributed by atoms with van der Waals surface area (Å²) >= 11 is 0. The van der Waals surface area contributed by atoms with E-state index in [1.165, 1.54) is 14.0 Å². The summed E-state index contributed by atoms with van der Waals surface area (Å²) in [5, 5.41) is 13.9. The van der Waals surface area contributed by atoms with Gasteiger partial charge in [0.15, 0.2) is 0 Å². The fourth-order valence-electron chi connectivity index (χ4n) is 1.37. The standard InChI is InChI=1S/C12H23N3O5/c1-8(2)13-11(18)9(3)14-12(19)15(5-6-20-4)7-10(16)17/h8-9H,5-7H2,1-4H3,(H,13,18)(H,14,19)(H,16,17). The van der Waals surface area contributed by atoms with Crippen LogP contribution in [0.2, 0.25) is 0 Å². The van der Waals surface area contributed by atoms with E-state index in [1.807, 2.05) is 13.8 Å². The Hall–Kier alpha value is -1.83. The SMILES string of the molecule is COCCN(CC(=O)O)C(=O)NC(C)C(=O)NC(C)C. The third kappa shape index (κ3) is 7.57. The van der Waals surface area contributed by atoms with E-state index in [-0.39, 0.29) is 25.1 Å². The van der Waals surface area contributed by atoms with Crippen LogP contribution in [0.4, 0.5) is 4.79 Å². The van der Waals surface area contributed by atoms with E-state index in [0.717, 1.165) is 4.90 Å². The molecule has 0 aliphatic carbocycles. The lowest BCUT2D eigenvalue weighted by Crippen LogP contribution is -2.52. The zero-order chi connectivity index (χ0) is 15.7. The van der Waals surface area contributed by atoms with Crippen LogP contribution in [-0.4, -0.2) is 66.8 Å². The van der Waals surface area contributed by atoms with Crippen LogP contribution < -0.4 is 10.6 Å². The molecule has 0 saturated heterocycles. The third-order valence-electron chi connectivity index (χ3n) is 2.34. The molecule has 8 nitrogen and oxygen atoms in total. The molecule has 0 aromatic rings. The Morgan fingerprint density at radius 2 is 1.80 bits per heavy atom. The van der Waals surface area contributed by atoms with Crippen molar-refractivity contribution in [2.75, 3.05) is 26.8 Å². The van der Waals surface area contributed by atoms with Crippen LogP contribution in [0.3, 0.4) is 0 Å². The predicted molar refractivity (Wildman–Crippen MR) is 72.4 cm³/mol. The van der Waals surface area contributed by atoms with Gasteiger partial charge in [0.05, 0.1) is 6.61 Å². The molecular weight excluding hydrogens is 266 g/mol. The molecule has 0 radical (unpaired) electrons. The number of aliphatic carboxylic acids is 1. The van der Waals surface area contributed by atoms with Gasteiger partial charge in [-0.3, -0.25) is 9.59 Å². The van der Waals surface area contributed by atoms with Crippen molar-refractivity contribution in [3.63, 3.8) is 0 Å². The van der Waals surface area contributed by atoms with Crippen LogP contribution in [-0.2, 0) is 14.3 Å². The molecule has 0 fully saturated rings. The second kappa shape index (κ2) is 9.13. The molecule has 0 heterocycles. The number of carboxylic acid groups (broad SMARTS) is 1. The zero-order valence-corrected chi connectivity index (χ0v) is 12.3. The van der Waals surface area contributed by atoms with Crippen LogP contribution in [0.1, 0.15) is 20.8 Å². The van der Waals surface area contributed by atoms with Crippen LogP contribution in [0.5, 0.6) is 0 Å². The van der Waals surface area contributed by atoms with Gasteiger partial charge in [0.2, 0.25) is 5.91 Å². The smallest absolute Gasteiger partial charge is 0.323 e. The molecule has 0 aromatic heterocycles. The van der Waals surface area contributed by atoms with Gasteiger partial charge in [-0.15, -0.1) is 0 Å². The van der Waals surface area contributed by atoms with Crippen molar-refractivity contribution >= 4 is 17.9 Å². The van der Waals surface area contributed by atoms with E-state index < -0.39 is 24.6 Å². The topological polar surface area (TPSA) is 108 Å². The first kappa shape index (κ1) is 18.2. The predicted octanol–water partition coefficient (Wildman–Crippen LogP) is -0.358. The number of hydrogen-bond acceptors (Lipinski definition) is 4. The van der Waals surface area contributed by atoms with Crippen molar-refractivity contribution < 1.29 is 24.2 Å². The third-order valence-corrected chi connectivity index (χ3v) is 2.34. The number of hydrogen-bond donors (Lipinski definition) is 3. The molecule has 0 saturated carbocycles. The van der Waals surface area contributed by atoms with Crippen molar-refractivity contribution in [3.05, 3.63) is 0 Å². The monoisotopic (exact) mass is 289 g/mol. The molecule has 0 spiro atoms. The number of carbonyl (C=O) groups excluding carboxylic acids is 2. The summed E-state index contributed by atoms with van der Waals surface area (Å²) in [6, 6.07) is -1.40. The maximum Gasteiger partial charge on any atom is 0.323 e. The maximum atomic E-state index is 11.9. The summed E-state index contributed by atoms with van der Waals surface area (Å²) in [5.41, 5.74) is 0. The summed E-state index contributed by atoms with van der Waals surface area (Å²) in [6.45, 7) is 5.04. The maximum absolute atomic E-state index is 11.9. The second-order valence-electron chi connectivity index (χ2n) is 4.64. The van der Waals surface area contributed by atoms with E-state index in [0.29, 0.717) is 0 Å². The van der Waals surface area contributed by atoms with E-state index in [2.05, 4.69) is 10.6 Å². The summed E-state index contributed by atoms with van der Waals surface area (Å²) < 4.78 is 4.82. The molecule has 8 heteroatoms. The fraction of sp³-hybridized carbons (Fsp3) is 0.750. The highest BCUT2D eigenvalue weighted by atomic mass is 16.5. The first-order chi connectivity index (χ1) is 9.27.